The SMILES string of the molecule is COC(=O)N1c2ccc(-c3cnn(C4CN(C(=O)OC(C)(C)C)C4)c3)c(OC3CCC3)c2CC[C@@H]1C. The number of anilines is 1. The number of nitrogens with zero attached hydrogens (tertiary/aromatic N) is 4. The molecule has 36 heavy (non-hydrogen) atoms. The predicted molar refractivity (Wildman–Crippen MR) is 135 cm³/mol. The van der Waals surface area contributed by atoms with E-state index in [-0.39, 0.29) is 30.4 Å². The van der Waals surface area contributed by atoms with Crippen molar-refractivity contribution in [2.24, 2.45) is 0 Å². The van der Waals surface area contributed by atoms with Crippen molar-refractivity contribution in [3.8, 4) is 16.9 Å². The van der Waals surface area contributed by atoms with Crippen LogP contribution in [0, 0.1) is 0 Å². The summed E-state index contributed by atoms with van der Waals surface area (Å²) >= 11 is 0. The van der Waals surface area contributed by atoms with Crippen molar-refractivity contribution in [1.29, 1.82) is 0 Å². The number of rotatable bonds is 4. The lowest BCUT2D eigenvalue weighted by molar-refractivity contribution is -0.000386. The van der Waals surface area contributed by atoms with Crippen LogP contribution in [0.3, 0.4) is 0 Å². The van der Waals surface area contributed by atoms with E-state index >= 15 is 0 Å². The molecule has 9 heteroatoms. The van der Waals surface area contributed by atoms with E-state index in [0.717, 1.165) is 53.8 Å². The summed E-state index contributed by atoms with van der Waals surface area (Å²) < 4.78 is 19.0. The highest BCUT2D eigenvalue weighted by Crippen LogP contribution is 2.45. The molecule has 1 aromatic heterocycles. The minimum Gasteiger partial charge on any atom is -0.489 e. The first-order chi connectivity index (χ1) is 17.1. The lowest BCUT2D eigenvalue weighted by Crippen LogP contribution is -2.52. The third-order valence-electron chi connectivity index (χ3n) is 7.26. The van der Waals surface area contributed by atoms with Crippen molar-refractivity contribution < 1.29 is 23.8 Å². The van der Waals surface area contributed by atoms with Gasteiger partial charge in [-0.3, -0.25) is 9.58 Å². The maximum absolute atomic E-state index is 12.6. The van der Waals surface area contributed by atoms with Gasteiger partial charge < -0.3 is 19.1 Å². The van der Waals surface area contributed by atoms with E-state index in [9.17, 15) is 9.59 Å². The van der Waals surface area contributed by atoms with Crippen LogP contribution < -0.4 is 9.64 Å². The molecule has 0 bridgehead atoms. The molecular formula is C27H36N4O5. The van der Waals surface area contributed by atoms with Crippen molar-refractivity contribution in [2.45, 2.75) is 83.6 Å². The van der Waals surface area contributed by atoms with Crippen LogP contribution in [0.1, 0.15) is 65.0 Å². The van der Waals surface area contributed by atoms with Gasteiger partial charge in [-0.25, -0.2) is 9.59 Å². The van der Waals surface area contributed by atoms with Gasteiger partial charge in [-0.2, -0.15) is 5.10 Å². The molecule has 0 N–H and O–H groups in total. The van der Waals surface area contributed by atoms with Crippen molar-refractivity contribution in [2.75, 3.05) is 25.1 Å². The van der Waals surface area contributed by atoms with E-state index in [1.54, 1.807) is 9.80 Å². The summed E-state index contributed by atoms with van der Waals surface area (Å²) in [6, 6.07) is 4.18. The number of methoxy groups -OCH3 is 1. The van der Waals surface area contributed by atoms with E-state index in [1.165, 1.54) is 13.5 Å². The molecule has 1 atom stereocenters. The summed E-state index contributed by atoms with van der Waals surface area (Å²) in [5.41, 5.74) is 3.35. The third-order valence-corrected chi connectivity index (χ3v) is 7.26. The second-order valence-electron chi connectivity index (χ2n) is 11.1. The minimum atomic E-state index is -0.508. The second kappa shape index (κ2) is 9.33. The Bertz CT molecular complexity index is 1140. The maximum Gasteiger partial charge on any atom is 0.414 e. The van der Waals surface area contributed by atoms with Gasteiger partial charge in [0.05, 0.1) is 31.1 Å². The molecule has 194 valence electrons. The number of ether oxygens (including phenoxy) is 3. The molecule has 1 aromatic carbocycles. The van der Waals surface area contributed by atoms with Crippen LogP contribution in [-0.4, -0.2) is 64.8 Å². The Labute approximate surface area is 212 Å². The summed E-state index contributed by atoms with van der Waals surface area (Å²) in [7, 11) is 1.42. The zero-order chi connectivity index (χ0) is 25.6. The molecule has 5 rings (SSSR count). The first-order valence-electron chi connectivity index (χ1n) is 12.9. The van der Waals surface area contributed by atoms with Crippen molar-refractivity contribution >= 4 is 17.9 Å². The highest BCUT2D eigenvalue weighted by molar-refractivity contribution is 5.92. The smallest absolute Gasteiger partial charge is 0.414 e. The highest BCUT2D eigenvalue weighted by atomic mass is 16.6. The standard InChI is InChI=1S/C27H36N4O5/c1-17-9-10-22-23(31(17)26(33)34-5)12-11-21(24(22)35-20-7-6-8-20)18-13-28-30(14-18)19-15-29(16-19)25(32)36-27(2,3)4/h11-14,17,19-20H,6-10,15-16H2,1-5H3/t17-/m0/s1. The zero-order valence-corrected chi connectivity index (χ0v) is 21.8. The topological polar surface area (TPSA) is 86.1 Å². The maximum atomic E-state index is 12.6. The van der Waals surface area contributed by atoms with Gasteiger partial charge in [0.15, 0.2) is 0 Å². The van der Waals surface area contributed by atoms with Crippen LogP contribution in [0.2, 0.25) is 0 Å². The van der Waals surface area contributed by atoms with Gasteiger partial charge in [-0.15, -0.1) is 0 Å². The van der Waals surface area contributed by atoms with Crippen LogP contribution in [0.5, 0.6) is 5.75 Å². The Morgan fingerprint density at radius 2 is 1.83 bits per heavy atom. The highest BCUT2D eigenvalue weighted by Gasteiger charge is 2.36. The number of amides is 2. The fraction of sp³-hybridized carbons (Fsp3) is 0.593. The average Bonchev–Trinajstić information content (AvgIpc) is 3.22. The Balaban J connectivity index is 1.40. The van der Waals surface area contributed by atoms with E-state index in [0.29, 0.717) is 13.1 Å². The predicted octanol–water partition coefficient (Wildman–Crippen LogP) is 5.18. The first-order valence-corrected chi connectivity index (χ1v) is 12.9. The van der Waals surface area contributed by atoms with Crippen molar-refractivity contribution in [3.05, 3.63) is 30.1 Å². The number of aromatic nitrogens is 2. The summed E-state index contributed by atoms with van der Waals surface area (Å²) in [6.45, 7) is 8.79. The minimum absolute atomic E-state index is 0.0571. The number of hydrogen-bond acceptors (Lipinski definition) is 6. The molecule has 1 saturated heterocycles. The van der Waals surface area contributed by atoms with Gasteiger partial charge in [0, 0.05) is 42.0 Å². The van der Waals surface area contributed by atoms with Gasteiger partial charge in [0.1, 0.15) is 11.4 Å². The fourth-order valence-corrected chi connectivity index (χ4v) is 4.97. The number of fused-ring (bicyclic) bond motifs is 1. The molecule has 0 unspecified atom stereocenters. The number of benzene rings is 1. The molecule has 0 spiro atoms. The number of carbonyl (C=O) groups excluding carboxylic acids is 2. The largest absolute Gasteiger partial charge is 0.489 e. The van der Waals surface area contributed by atoms with Gasteiger partial charge in [-0.05, 0) is 71.9 Å². The molecule has 3 heterocycles. The quantitative estimate of drug-likeness (QED) is 0.580. The second-order valence-corrected chi connectivity index (χ2v) is 11.1. The van der Waals surface area contributed by atoms with Gasteiger partial charge in [-0.1, -0.05) is 0 Å². The molecule has 0 radical (unpaired) electrons. The third kappa shape index (κ3) is 4.63. The summed E-state index contributed by atoms with van der Waals surface area (Å²) in [4.78, 5) is 28.3. The normalized spacial score (nSPS) is 20.3. The van der Waals surface area contributed by atoms with Crippen LogP contribution in [-0.2, 0) is 15.9 Å². The summed E-state index contributed by atoms with van der Waals surface area (Å²) in [5.74, 6) is 0.849. The average molecular weight is 497 g/mol. The fourth-order valence-electron chi connectivity index (χ4n) is 4.97. The van der Waals surface area contributed by atoms with Crippen LogP contribution in [0.4, 0.5) is 15.3 Å². The molecule has 2 fully saturated rings. The van der Waals surface area contributed by atoms with Crippen LogP contribution >= 0.6 is 0 Å². The summed E-state index contributed by atoms with van der Waals surface area (Å²) in [5, 5.41) is 4.62. The lowest BCUT2D eigenvalue weighted by Gasteiger charge is -2.39. The molecule has 2 amide bonds. The lowest BCUT2D eigenvalue weighted by atomic mass is 9.91. The molecule has 1 aliphatic carbocycles. The Hall–Kier alpha value is -3.23. The van der Waals surface area contributed by atoms with Crippen LogP contribution in [0.25, 0.3) is 11.1 Å². The molecular weight excluding hydrogens is 460 g/mol. The monoisotopic (exact) mass is 496 g/mol. The van der Waals surface area contributed by atoms with E-state index in [4.69, 9.17) is 14.2 Å². The van der Waals surface area contributed by atoms with Crippen molar-refractivity contribution in [1.82, 2.24) is 14.7 Å². The molecule has 2 aromatic rings. The molecule has 2 aliphatic heterocycles. The molecule has 1 saturated carbocycles. The van der Waals surface area contributed by atoms with Crippen LogP contribution in [0.15, 0.2) is 24.5 Å². The van der Waals surface area contributed by atoms with Gasteiger partial charge in [0.2, 0.25) is 0 Å². The summed E-state index contributed by atoms with van der Waals surface area (Å²) in [6.07, 6.45) is 8.38. The molecule has 9 nitrogen and oxygen atoms in total. The van der Waals surface area contributed by atoms with Crippen molar-refractivity contribution in [3.63, 3.8) is 0 Å². The molecule has 3 aliphatic rings. The van der Waals surface area contributed by atoms with E-state index < -0.39 is 5.60 Å². The Kier molecular flexibility index (Phi) is 6.34. The van der Waals surface area contributed by atoms with Gasteiger partial charge >= 0.3 is 12.2 Å². The van der Waals surface area contributed by atoms with E-state index in [1.807, 2.05) is 56.9 Å². The Morgan fingerprint density at radius 3 is 2.47 bits per heavy atom. The van der Waals surface area contributed by atoms with E-state index in [2.05, 4.69) is 5.10 Å². The number of carbonyl (C=O) groups is 2. The zero-order valence-electron chi connectivity index (χ0n) is 21.8. The number of likely N-dealkylation sites (tertiary alicyclic amines) is 1. The Morgan fingerprint density at radius 1 is 1.08 bits per heavy atom. The van der Waals surface area contributed by atoms with Gasteiger partial charge in [0.25, 0.3) is 0 Å². The first kappa shape index (κ1) is 24.5. The number of hydrogen-bond donors (Lipinski definition) is 0.